The molecule has 4 nitrogen and oxygen atoms in total. The molecule has 0 aliphatic carbocycles. The molecule has 0 fully saturated rings. The number of hydrogen-bond donors (Lipinski definition) is 1. The van der Waals surface area contributed by atoms with E-state index in [9.17, 15) is 5.11 Å². The van der Waals surface area contributed by atoms with Gasteiger partial charge in [0.15, 0.2) is 11.5 Å². The fourth-order valence-electron chi connectivity index (χ4n) is 1.60. The minimum atomic E-state index is -0.113. The van der Waals surface area contributed by atoms with Gasteiger partial charge >= 0.3 is 0 Å². The third kappa shape index (κ3) is 2.60. The summed E-state index contributed by atoms with van der Waals surface area (Å²) >= 11 is 0. The molecule has 1 aromatic carbocycles. The SMILES string of the molecule is COc1ccccc1Oc1cc(C)ncc1CO. The van der Waals surface area contributed by atoms with Crippen LogP contribution < -0.4 is 9.47 Å². The van der Waals surface area contributed by atoms with E-state index >= 15 is 0 Å². The van der Waals surface area contributed by atoms with Crippen molar-refractivity contribution in [2.75, 3.05) is 7.11 Å². The van der Waals surface area contributed by atoms with Crippen LogP contribution in [0.2, 0.25) is 0 Å². The van der Waals surface area contributed by atoms with E-state index in [-0.39, 0.29) is 6.61 Å². The number of rotatable bonds is 4. The van der Waals surface area contributed by atoms with E-state index in [1.54, 1.807) is 19.4 Å². The van der Waals surface area contributed by atoms with E-state index in [0.717, 1.165) is 5.69 Å². The Hall–Kier alpha value is -2.07. The number of methoxy groups -OCH3 is 1. The number of nitrogens with zero attached hydrogens (tertiary/aromatic N) is 1. The van der Waals surface area contributed by atoms with E-state index in [1.807, 2.05) is 31.2 Å². The Labute approximate surface area is 106 Å². The molecule has 0 aliphatic rings. The summed E-state index contributed by atoms with van der Waals surface area (Å²) in [5, 5.41) is 9.26. The summed E-state index contributed by atoms with van der Waals surface area (Å²) in [6, 6.07) is 9.16. The number of pyridine rings is 1. The molecular formula is C14H15NO3. The van der Waals surface area contributed by atoms with E-state index in [1.165, 1.54) is 0 Å². The van der Waals surface area contributed by atoms with E-state index < -0.39 is 0 Å². The lowest BCUT2D eigenvalue weighted by Crippen LogP contribution is -1.96. The standard InChI is InChI=1S/C14H15NO3/c1-10-7-14(11(9-16)8-15-10)18-13-6-4-3-5-12(13)17-2/h3-8,16H,9H2,1-2H3. The van der Waals surface area contributed by atoms with Crippen LogP contribution in [0.15, 0.2) is 36.5 Å². The molecule has 0 saturated heterocycles. The molecule has 0 amide bonds. The van der Waals surface area contributed by atoms with Crippen molar-refractivity contribution in [3.63, 3.8) is 0 Å². The van der Waals surface area contributed by atoms with E-state index in [2.05, 4.69) is 4.98 Å². The maximum absolute atomic E-state index is 9.26. The van der Waals surface area contributed by atoms with Gasteiger partial charge in [-0.05, 0) is 19.1 Å². The van der Waals surface area contributed by atoms with Crippen molar-refractivity contribution in [3.05, 3.63) is 47.8 Å². The highest BCUT2D eigenvalue weighted by atomic mass is 16.5. The van der Waals surface area contributed by atoms with Crippen LogP contribution in [0.1, 0.15) is 11.3 Å². The van der Waals surface area contributed by atoms with Crippen molar-refractivity contribution < 1.29 is 14.6 Å². The van der Waals surface area contributed by atoms with Gasteiger partial charge in [0.2, 0.25) is 0 Å². The molecule has 0 bridgehead atoms. The molecule has 2 aromatic rings. The summed E-state index contributed by atoms with van der Waals surface area (Å²) in [5.74, 6) is 1.85. The first kappa shape index (κ1) is 12.4. The molecule has 94 valence electrons. The van der Waals surface area contributed by atoms with Crippen molar-refractivity contribution in [1.29, 1.82) is 0 Å². The minimum absolute atomic E-state index is 0.113. The van der Waals surface area contributed by atoms with Gasteiger partial charge in [-0.2, -0.15) is 0 Å². The fraction of sp³-hybridized carbons (Fsp3) is 0.214. The first-order chi connectivity index (χ1) is 8.74. The Balaban J connectivity index is 2.36. The summed E-state index contributed by atoms with van der Waals surface area (Å²) in [6.07, 6.45) is 1.61. The van der Waals surface area contributed by atoms with Crippen LogP contribution in [0.4, 0.5) is 0 Å². The zero-order chi connectivity index (χ0) is 13.0. The summed E-state index contributed by atoms with van der Waals surface area (Å²) in [5.41, 5.74) is 1.48. The normalized spacial score (nSPS) is 10.2. The van der Waals surface area contributed by atoms with Crippen molar-refractivity contribution in [2.45, 2.75) is 13.5 Å². The van der Waals surface area contributed by atoms with Crippen LogP contribution in [-0.2, 0) is 6.61 Å². The summed E-state index contributed by atoms with van der Waals surface area (Å²) in [6.45, 7) is 1.76. The van der Waals surface area contributed by atoms with Crippen molar-refractivity contribution in [3.8, 4) is 17.2 Å². The number of aliphatic hydroxyl groups excluding tert-OH is 1. The van der Waals surface area contributed by atoms with Crippen molar-refractivity contribution in [1.82, 2.24) is 4.98 Å². The average molecular weight is 245 g/mol. The summed E-state index contributed by atoms with van der Waals surface area (Å²) < 4.78 is 11.0. The molecule has 4 heteroatoms. The van der Waals surface area contributed by atoms with Gasteiger partial charge in [-0.3, -0.25) is 4.98 Å². The summed E-state index contributed by atoms with van der Waals surface area (Å²) in [7, 11) is 1.59. The van der Waals surface area contributed by atoms with Crippen molar-refractivity contribution in [2.24, 2.45) is 0 Å². The highest BCUT2D eigenvalue weighted by molar-refractivity contribution is 5.44. The number of aliphatic hydroxyl groups is 1. The van der Waals surface area contributed by atoms with Gasteiger partial charge in [0.1, 0.15) is 5.75 Å². The smallest absolute Gasteiger partial charge is 0.169 e. The van der Waals surface area contributed by atoms with Crippen LogP contribution in [0, 0.1) is 6.92 Å². The average Bonchev–Trinajstić information content (AvgIpc) is 2.40. The first-order valence-electron chi connectivity index (χ1n) is 5.62. The second kappa shape index (κ2) is 5.51. The first-order valence-corrected chi connectivity index (χ1v) is 5.62. The molecule has 18 heavy (non-hydrogen) atoms. The summed E-state index contributed by atoms with van der Waals surface area (Å²) in [4.78, 5) is 4.12. The number of benzene rings is 1. The van der Waals surface area contributed by atoms with E-state index in [0.29, 0.717) is 22.8 Å². The predicted molar refractivity (Wildman–Crippen MR) is 68.0 cm³/mol. The molecule has 0 aliphatic heterocycles. The Morgan fingerprint density at radius 1 is 1.17 bits per heavy atom. The molecule has 1 aromatic heterocycles. The van der Waals surface area contributed by atoms with Crippen LogP contribution >= 0.6 is 0 Å². The third-order valence-electron chi connectivity index (χ3n) is 2.54. The molecule has 0 saturated carbocycles. The molecule has 2 rings (SSSR count). The van der Waals surface area contributed by atoms with Crippen LogP contribution in [0.5, 0.6) is 17.2 Å². The van der Waals surface area contributed by atoms with Gasteiger partial charge in [0.25, 0.3) is 0 Å². The molecule has 0 atom stereocenters. The molecular weight excluding hydrogens is 230 g/mol. The number of aryl methyl sites for hydroxylation is 1. The Morgan fingerprint density at radius 3 is 2.56 bits per heavy atom. The highest BCUT2D eigenvalue weighted by Gasteiger charge is 2.09. The maximum atomic E-state index is 9.26. The lowest BCUT2D eigenvalue weighted by atomic mass is 10.2. The Kier molecular flexibility index (Phi) is 3.79. The number of ether oxygens (including phenoxy) is 2. The topological polar surface area (TPSA) is 51.6 Å². The molecule has 0 radical (unpaired) electrons. The monoisotopic (exact) mass is 245 g/mol. The lowest BCUT2D eigenvalue weighted by molar-refractivity contribution is 0.275. The van der Waals surface area contributed by atoms with Gasteiger partial charge < -0.3 is 14.6 Å². The van der Waals surface area contributed by atoms with Crippen LogP contribution in [0.25, 0.3) is 0 Å². The fourth-order valence-corrected chi connectivity index (χ4v) is 1.60. The quantitative estimate of drug-likeness (QED) is 0.899. The Bertz CT molecular complexity index is 540. The second-order valence-electron chi connectivity index (χ2n) is 3.84. The van der Waals surface area contributed by atoms with Crippen LogP contribution in [0.3, 0.4) is 0 Å². The number of hydrogen-bond acceptors (Lipinski definition) is 4. The zero-order valence-corrected chi connectivity index (χ0v) is 10.4. The van der Waals surface area contributed by atoms with Crippen LogP contribution in [-0.4, -0.2) is 17.2 Å². The van der Waals surface area contributed by atoms with Gasteiger partial charge in [-0.25, -0.2) is 0 Å². The largest absolute Gasteiger partial charge is 0.493 e. The zero-order valence-electron chi connectivity index (χ0n) is 10.4. The van der Waals surface area contributed by atoms with E-state index in [4.69, 9.17) is 9.47 Å². The lowest BCUT2D eigenvalue weighted by Gasteiger charge is -2.12. The van der Waals surface area contributed by atoms with Gasteiger partial charge in [-0.15, -0.1) is 0 Å². The Morgan fingerprint density at radius 2 is 1.89 bits per heavy atom. The van der Waals surface area contributed by atoms with Gasteiger partial charge in [0.05, 0.1) is 13.7 Å². The van der Waals surface area contributed by atoms with Crippen molar-refractivity contribution >= 4 is 0 Å². The molecule has 0 unspecified atom stereocenters. The van der Waals surface area contributed by atoms with Gasteiger partial charge in [0, 0.05) is 23.5 Å². The highest BCUT2D eigenvalue weighted by Crippen LogP contribution is 2.32. The second-order valence-corrected chi connectivity index (χ2v) is 3.84. The third-order valence-corrected chi connectivity index (χ3v) is 2.54. The number of para-hydroxylation sites is 2. The van der Waals surface area contributed by atoms with Gasteiger partial charge in [-0.1, -0.05) is 12.1 Å². The molecule has 0 spiro atoms. The molecule has 1 heterocycles. The maximum Gasteiger partial charge on any atom is 0.169 e. The minimum Gasteiger partial charge on any atom is -0.493 e. The predicted octanol–water partition coefficient (Wildman–Crippen LogP) is 2.68. The number of aromatic nitrogens is 1. The molecule has 1 N–H and O–H groups in total.